The summed E-state index contributed by atoms with van der Waals surface area (Å²) in [6, 6.07) is 12.1. The summed E-state index contributed by atoms with van der Waals surface area (Å²) >= 11 is 0. The number of nitrogens with zero attached hydrogens (tertiary/aromatic N) is 2. The quantitative estimate of drug-likeness (QED) is 0.914. The highest BCUT2D eigenvalue weighted by Crippen LogP contribution is 2.19. The molecule has 1 amide bonds. The van der Waals surface area contributed by atoms with Gasteiger partial charge in [0.1, 0.15) is 5.69 Å². The number of carbonyl (C=O) groups excluding carboxylic acids is 1. The number of likely N-dealkylation sites (tertiary alicyclic amines) is 1. The predicted molar refractivity (Wildman–Crippen MR) is 97.6 cm³/mol. The van der Waals surface area contributed by atoms with Crippen molar-refractivity contribution < 1.29 is 4.79 Å². The Labute approximate surface area is 143 Å². The van der Waals surface area contributed by atoms with E-state index in [1.165, 1.54) is 12.0 Å². The van der Waals surface area contributed by atoms with Crippen molar-refractivity contribution in [2.45, 2.75) is 33.1 Å². The lowest BCUT2D eigenvalue weighted by Gasteiger charge is -2.30. The van der Waals surface area contributed by atoms with Crippen LogP contribution in [0.5, 0.6) is 0 Å². The molecule has 1 atom stereocenters. The van der Waals surface area contributed by atoms with E-state index >= 15 is 0 Å². The van der Waals surface area contributed by atoms with E-state index in [0.717, 1.165) is 37.3 Å². The van der Waals surface area contributed by atoms with Gasteiger partial charge in [0, 0.05) is 18.8 Å². The number of pyridine rings is 1. The third-order valence-electron chi connectivity index (χ3n) is 4.58. The topological polar surface area (TPSA) is 45.2 Å². The molecule has 0 saturated carbocycles. The van der Waals surface area contributed by atoms with E-state index in [9.17, 15) is 4.79 Å². The fourth-order valence-corrected chi connectivity index (χ4v) is 3.12. The summed E-state index contributed by atoms with van der Waals surface area (Å²) < 4.78 is 0. The second-order valence-electron chi connectivity index (χ2n) is 6.61. The van der Waals surface area contributed by atoms with Crippen LogP contribution in [0.3, 0.4) is 0 Å². The minimum Gasteiger partial charge on any atom is -0.354 e. The number of nitrogens with one attached hydrogen (secondary N) is 1. The molecule has 126 valence electrons. The molecule has 2 aromatic rings. The van der Waals surface area contributed by atoms with Crippen LogP contribution in [0.15, 0.2) is 42.6 Å². The molecule has 2 heterocycles. The smallest absolute Gasteiger partial charge is 0.272 e. The van der Waals surface area contributed by atoms with Crippen LogP contribution in [0, 0.1) is 5.92 Å². The molecule has 24 heavy (non-hydrogen) atoms. The van der Waals surface area contributed by atoms with Gasteiger partial charge in [-0.15, -0.1) is 0 Å². The van der Waals surface area contributed by atoms with Gasteiger partial charge in [0.15, 0.2) is 0 Å². The highest BCUT2D eigenvalue weighted by Gasteiger charge is 2.22. The molecule has 0 spiro atoms. The SMILES string of the molecule is CCc1ccc(Nc2ccc(C(=O)N3CCCC(C)C3)nc2)cc1. The van der Waals surface area contributed by atoms with E-state index in [1.807, 2.05) is 17.0 Å². The van der Waals surface area contributed by atoms with Gasteiger partial charge in [-0.2, -0.15) is 0 Å². The molecule has 1 saturated heterocycles. The van der Waals surface area contributed by atoms with Crippen LogP contribution in [0.1, 0.15) is 42.7 Å². The summed E-state index contributed by atoms with van der Waals surface area (Å²) in [7, 11) is 0. The normalized spacial score (nSPS) is 17.6. The number of benzene rings is 1. The Bertz CT molecular complexity index is 679. The standard InChI is InChI=1S/C20H25N3O/c1-3-16-6-8-17(9-7-16)22-18-10-11-19(21-13-18)20(24)23-12-4-5-15(2)14-23/h6-11,13,15,22H,3-5,12,14H2,1-2H3. The molecule has 4 nitrogen and oxygen atoms in total. The first-order chi connectivity index (χ1) is 11.7. The fourth-order valence-electron chi connectivity index (χ4n) is 3.12. The monoisotopic (exact) mass is 323 g/mol. The van der Waals surface area contributed by atoms with Gasteiger partial charge in [-0.25, -0.2) is 4.98 Å². The van der Waals surface area contributed by atoms with E-state index < -0.39 is 0 Å². The number of aromatic nitrogens is 1. The van der Waals surface area contributed by atoms with E-state index in [0.29, 0.717) is 11.6 Å². The van der Waals surface area contributed by atoms with E-state index in [-0.39, 0.29) is 5.91 Å². The molecular formula is C20H25N3O. The Hall–Kier alpha value is -2.36. The minimum atomic E-state index is 0.0420. The van der Waals surface area contributed by atoms with E-state index in [2.05, 4.69) is 48.4 Å². The van der Waals surface area contributed by atoms with Crippen molar-refractivity contribution in [2.24, 2.45) is 5.92 Å². The second-order valence-corrected chi connectivity index (χ2v) is 6.61. The zero-order valence-corrected chi connectivity index (χ0v) is 14.5. The largest absolute Gasteiger partial charge is 0.354 e. The first-order valence-corrected chi connectivity index (χ1v) is 8.77. The predicted octanol–water partition coefficient (Wildman–Crippen LogP) is 4.26. The van der Waals surface area contributed by atoms with Gasteiger partial charge in [0.2, 0.25) is 0 Å². The Morgan fingerprint density at radius 3 is 2.58 bits per heavy atom. The van der Waals surface area contributed by atoms with Gasteiger partial charge in [-0.1, -0.05) is 26.0 Å². The third kappa shape index (κ3) is 3.94. The van der Waals surface area contributed by atoms with Crippen molar-refractivity contribution in [2.75, 3.05) is 18.4 Å². The van der Waals surface area contributed by atoms with Crippen LogP contribution in [0.25, 0.3) is 0 Å². The summed E-state index contributed by atoms with van der Waals surface area (Å²) in [5, 5.41) is 3.32. The second kappa shape index (κ2) is 7.47. The molecule has 1 aliphatic rings. The number of hydrogen-bond donors (Lipinski definition) is 1. The van der Waals surface area contributed by atoms with Crippen LogP contribution in [-0.2, 0) is 6.42 Å². The third-order valence-corrected chi connectivity index (χ3v) is 4.58. The summed E-state index contributed by atoms with van der Waals surface area (Å²) in [6.45, 7) is 6.02. The van der Waals surface area contributed by atoms with Gasteiger partial charge >= 0.3 is 0 Å². The zero-order chi connectivity index (χ0) is 16.9. The molecule has 0 radical (unpaired) electrons. The molecule has 1 aliphatic heterocycles. The summed E-state index contributed by atoms with van der Waals surface area (Å²) in [6.07, 6.45) is 5.05. The highest BCUT2D eigenvalue weighted by atomic mass is 16.2. The first kappa shape index (κ1) is 16.5. The first-order valence-electron chi connectivity index (χ1n) is 8.77. The lowest BCUT2D eigenvalue weighted by atomic mass is 10.00. The van der Waals surface area contributed by atoms with Crippen molar-refractivity contribution in [3.63, 3.8) is 0 Å². The molecule has 0 bridgehead atoms. The number of piperidine rings is 1. The summed E-state index contributed by atoms with van der Waals surface area (Å²) in [4.78, 5) is 18.8. The van der Waals surface area contributed by atoms with Crippen LogP contribution in [-0.4, -0.2) is 28.9 Å². The molecule has 0 aliphatic carbocycles. The summed E-state index contributed by atoms with van der Waals surface area (Å²) in [5.41, 5.74) is 3.76. The molecule has 1 aromatic heterocycles. The number of aryl methyl sites for hydroxylation is 1. The molecule has 1 aromatic carbocycles. The maximum atomic E-state index is 12.5. The number of anilines is 2. The van der Waals surface area contributed by atoms with E-state index in [4.69, 9.17) is 0 Å². The molecule has 1 unspecified atom stereocenters. The number of rotatable bonds is 4. The number of hydrogen-bond acceptors (Lipinski definition) is 3. The van der Waals surface area contributed by atoms with Gasteiger partial charge in [-0.3, -0.25) is 4.79 Å². The van der Waals surface area contributed by atoms with Crippen molar-refractivity contribution in [3.05, 3.63) is 53.9 Å². The van der Waals surface area contributed by atoms with Crippen LogP contribution < -0.4 is 5.32 Å². The van der Waals surface area contributed by atoms with Crippen LogP contribution in [0.2, 0.25) is 0 Å². The molecule has 1 fully saturated rings. The van der Waals surface area contributed by atoms with Gasteiger partial charge in [0.05, 0.1) is 11.9 Å². The molecular weight excluding hydrogens is 298 g/mol. The number of amides is 1. The van der Waals surface area contributed by atoms with Gasteiger partial charge in [0.25, 0.3) is 5.91 Å². The molecule has 3 rings (SSSR count). The van der Waals surface area contributed by atoms with Crippen molar-refractivity contribution in [3.8, 4) is 0 Å². The Kier molecular flexibility index (Phi) is 5.14. The zero-order valence-electron chi connectivity index (χ0n) is 14.5. The highest BCUT2D eigenvalue weighted by molar-refractivity contribution is 5.92. The van der Waals surface area contributed by atoms with Crippen LogP contribution >= 0.6 is 0 Å². The Morgan fingerprint density at radius 2 is 1.96 bits per heavy atom. The Morgan fingerprint density at radius 1 is 1.21 bits per heavy atom. The van der Waals surface area contributed by atoms with Gasteiger partial charge in [-0.05, 0) is 55.0 Å². The molecule has 1 N–H and O–H groups in total. The Balaban J connectivity index is 1.65. The molecule has 4 heteroatoms. The fraction of sp³-hybridized carbons (Fsp3) is 0.400. The minimum absolute atomic E-state index is 0.0420. The maximum Gasteiger partial charge on any atom is 0.272 e. The average molecular weight is 323 g/mol. The van der Waals surface area contributed by atoms with Crippen molar-refractivity contribution >= 4 is 17.3 Å². The summed E-state index contributed by atoms with van der Waals surface area (Å²) in [5.74, 6) is 0.620. The van der Waals surface area contributed by atoms with Crippen molar-refractivity contribution in [1.82, 2.24) is 9.88 Å². The number of carbonyl (C=O) groups is 1. The van der Waals surface area contributed by atoms with Gasteiger partial charge < -0.3 is 10.2 Å². The van der Waals surface area contributed by atoms with Crippen molar-refractivity contribution in [1.29, 1.82) is 0 Å². The van der Waals surface area contributed by atoms with E-state index in [1.54, 1.807) is 6.20 Å². The lowest BCUT2D eigenvalue weighted by Crippen LogP contribution is -2.39. The lowest BCUT2D eigenvalue weighted by molar-refractivity contribution is 0.0677. The maximum absolute atomic E-state index is 12.5. The average Bonchev–Trinajstić information content (AvgIpc) is 2.62. The van der Waals surface area contributed by atoms with Crippen LogP contribution in [0.4, 0.5) is 11.4 Å².